The summed E-state index contributed by atoms with van der Waals surface area (Å²) in [5.74, 6) is 1.04. The van der Waals surface area contributed by atoms with Crippen LogP contribution in [0.1, 0.15) is 55.8 Å². The molecular weight excluding hydrogens is 382 g/mol. The molecule has 0 unspecified atom stereocenters. The van der Waals surface area contributed by atoms with Crippen molar-refractivity contribution < 1.29 is 14.3 Å². The minimum absolute atomic E-state index is 0.0615. The van der Waals surface area contributed by atoms with E-state index in [-0.39, 0.29) is 18.2 Å². The van der Waals surface area contributed by atoms with Crippen LogP contribution in [0.3, 0.4) is 0 Å². The van der Waals surface area contributed by atoms with Crippen molar-refractivity contribution in [2.24, 2.45) is 0 Å². The molecule has 1 aliphatic carbocycles. The second-order valence-corrected chi connectivity index (χ2v) is 8.37. The van der Waals surface area contributed by atoms with Gasteiger partial charge in [-0.25, -0.2) is 9.78 Å². The lowest BCUT2D eigenvalue weighted by atomic mass is 10.0. The molecule has 1 aliphatic rings. The van der Waals surface area contributed by atoms with E-state index in [1.807, 2.05) is 19.9 Å². The number of carbonyl (C=O) groups excluding carboxylic acids is 1. The number of alkyl carbamates (subject to hydrolysis) is 1. The summed E-state index contributed by atoms with van der Waals surface area (Å²) in [5, 5.41) is 10.4. The SMILES string of the molecule is COCc1cc(C)c2nc(-c3cc([C@H]4CC[C@@H](OC(=O)NC(C)C)C4)[nH]n3)[nH]c2c1. The number of rotatable bonds is 6. The van der Waals surface area contributed by atoms with Crippen molar-refractivity contribution in [3.05, 3.63) is 35.0 Å². The van der Waals surface area contributed by atoms with Crippen molar-refractivity contribution in [2.75, 3.05) is 7.11 Å². The van der Waals surface area contributed by atoms with E-state index in [4.69, 9.17) is 14.5 Å². The lowest BCUT2D eigenvalue weighted by Crippen LogP contribution is -2.33. The van der Waals surface area contributed by atoms with Crippen LogP contribution in [0.15, 0.2) is 18.2 Å². The van der Waals surface area contributed by atoms with Gasteiger partial charge in [0.1, 0.15) is 11.8 Å². The molecule has 3 N–H and O–H groups in total. The number of carbonyl (C=O) groups is 1. The molecule has 8 heteroatoms. The number of hydrogen-bond acceptors (Lipinski definition) is 5. The molecule has 2 aromatic heterocycles. The van der Waals surface area contributed by atoms with Crippen LogP contribution in [0.25, 0.3) is 22.6 Å². The first kappa shape index (κ1) is 20.4. The van der Waals surface area contributed by atoms with Crippen LogP contribution in [-0.4, -0.2) is 45.5 Å². The maximum Gasteiger partial charge on any atom is 0.407 e. The normalized spacial score (nSPS) is 19.0. The number of amides is 1. The van der Waals surface area contributed by atoms with E-state index in [2.05, 4.69) is 39.6 Å². The molecule has 8 nitrogen and oxygen atoms in total. The molecule has 2 atom stereocenters. The van der Waals surface area contributed by atoms with Gasteiger partial charge in [-0.3, -0.25) is 5.10 Å². The van der Waals surface area contributed by atoms with Gasteiger partial charge in [0.15, 0.2) is 5.82 Å². The number of benzene rings is 1. The fourth-order valence-corrected chi connectivity index (χ4v) is 4.15. The lowest BCUT2D eigenvalue weighted by Gasteiger charge is -2.14. The summed E-state index contributed by atoms with van der Waals surface area (Å²) in [6, 6.07) is 6.28. The van der Waals surface area contributed by atoms with Crippen molar-refractivity contribution in [3.63, 3.8) is 0 Å². The number of nitrogens with zero attached hydrogens (tertiary/aromatic N) is 2. The van der Waals surface area contributed by atoms with Crippen LogP contribution < -0.4 is 5.32 Å². The third kappa shape index (κ3) is 4.33. The van der Waals surface area contributed by atoms with Crippen LogP contribution in [-0.2, 0) is 16.1 Å². The van der Waals surface area contributed by atoms with Gasteiger partial charge in [-0.1, -0.05) is 6.07 Å². The van der Waals surface area contributed by atoms with Gasteiger partial charge in [-0.05, 0) is 63.3 Å². The van der Waals surface area contributed by atoms with Crippen LogP contribution in [0.2, 0.25) is 0 Å². The highest BCUT2D eigenvalue weighted by Gasteiger charge is 2.30. The number of aryl methyl sites for hydroxylation is 1. The number of hydrogen-bond donors (Lipinski definition) is 3. The number of fused-ring (bicyclic) bond motifs is 1. The summed E-state index contributed by atoms with van der Waals surface area (Å²) >= 11 is 0. The zero-order valence-corrected chi connectivity index (χ0v) is 17.9. The fraction of sp³-hybridized carbons (Fsp3) is 0.500. The molecular formula is C22H29N5O3. The van der Waals surface area contributed by atoms with Gasteiger partial charge in [0.2, 0.25) is 0 Å². The molecule has 3 aromatic rings. The Balaban J connectivity index is 1.47. The van der Waals surface area contributed by atoms with Crippen molar-refractivity contribution in [1.82, 2.24) is 25.5 Å². The van der Waals surface area contributed by atoms with Crippen molar-refractivity contribution in [3.8, 4) is 11.5 Å². The van der Waals surface area contributed by atoms with Crippen molar-refractivity contribution in [1.29, 1.82) is 0 Å². The number of methoxy groups -OCH3 is 1. The van der Waals surface area contributed by atoms with Gasteiger partial charge in [-0.2, -0.15) is 5.10 Å². The summed E-state index contributed by atoms with van der Waals surface area (Å²) in [6.07, 6.45) is 2.21. The molecule has 0 saturated heterocycles. The molecule has 1 saturated carbocycles. The zero-order valence-electron chi connectivity index (χ0n) is 17.9. The van der Waals surface area contributed by atoms with E-state index >= 15 is 0 Å². The van der Waals surface area contributed by atoms with E-state index in [0.717, 1.165) is 58.6 Å². The predicted octanol–water partition coefficient (Wildman–Crippen LogP) is 4.18. The van der Waals surface area contributed by atoms with E-state index in [1.165, 1.54) is 0 Å². The number of nitrogens with one attached hydrogen (secondary N) is 3. The highest BCUT2D eigenvalue weighted by atomic mass is 16.6. The van der Waals surface area contributed by atoms with Gasteiger partial charge in [0.25, 0.3) is 0 Å². The Morgan fingerprint density at radius 3 is 2.90 bits per heavy atom. The van der Waals surface area contributed by atoms with E-state index in [1.54, 1.807) is 7.11 Å². The monoisotopic (exact) mass is 411 g/mol. The Hall–Kier alpha value is -2.87. The fourth-order valence-electron chi connectivity index (χ4n) is 4.15. The number of H-pyrrole nitrogens is 2. The van der Waals surface area contributed by atoms with Gasteiger partial charge in [0.05, 0.1) is 17.6 Å². The molecule has 160 valence electrons. The van der Waals surface area contributed by atoms with Crippen LogP contribution in [0.4, 0.5) is 4.79 Å². The molecule has 30 heavy (non-hydrogen) atoms. The highest BCUT2D eigenvalue weighted by Crippen LogP contribution is 2.36. The van der Waals surface area contributed by atoms with Crippen LogP contribution in [0.5, 0.6) is 0 Å². The van der Waals surface area contributed by atoms with E-state index in [9.17, 15) is 4.79 Å². The Labute approximate surface area is 175 Å². The zero-order chi connectivity index (χ0) is 21.3. The van der Waals surface area contributed by atoms with Crippen molar-refractivity contribution >= 4 is 17.1 Å². The Morgan fingerprint density at radius 2 is 2.13 bits per heavy atom. The summed E-state index contributed by atoms with van der Waals surface area (Å²) in [4.78, 5) is 20.0. The third-order valence-electron chi connectivity index (χ3n) is 5.49. The highest BCUT2D eigenvalue weighted by molar-refractivity contribution is 5.82. The molecule has 2 heterocycles. The largest absolute Gasteiger partial charge is 0.446 e. The lowest BCUT2D eigenvalue weighted by molar-refractivity contribution is 0.0981. The third-order valence-corrected chi connectivity index (χ3v) is 5.49. The maximum atomic E-state index is 11.8. The topological polar surface area (TPSA) is 105 Å². The van der Waals surface area contributed by atoms with Gasteiger partial charge in [0, 0.05) is 24.8 Å². The number of aromatic nitrogens is 4. The van der Waals surface area contributed by atoms with Gasteiger partial charge in [-0.15, -0.1) is 0 Å². The predicted molar refractivity (Wildman–Crippen MR) is 114 cm³/mol. The first-order chi connectivity index (χ1) is 14.4. The quantitative estimate of drug-likeness (QED) is 0.564. The second-order valence-electron chi connectivity index (χ2n) is 8.37. The molecule has 1 fully saturated rings. The molecule has 0 aliphatic heterocycles. The van der Waals surface area contributed by atoms with E-state index in [0.29, 0.717) is 12.5 Å². The van der Waals surface area contributed by atoms with E-state index < -0.39 is 0 Å². The molecule has 4 rings (SSSR count). The molecule has 0 spiro atoms. The molecule has 0 radical (unpaired) electrons. The number of aromatic amines is 2. The standard InChI is InChI=1S/C22H29N5O3/c1-12(2)23-22(28)30-16-6-5-15(9-16)17-10-19(27-26-17)21-24-18-8-14(11-29-4)7-13(3)20(18)25-21/h7-8,10,12,15-16H,5-6,9,11H2,1-4H3,(H,23,28)(H,24,25)(H,26,27)/t15-,16+/m0/s1. The van der Waals surface area contributed by atoms with Crippen LogP contribution in [0, 0.1) is 6.92 Å². The van der Waals surface area contributed by atoms with Gasteiger partial charge >= 0.3 is 6.09 Å². The summed E-state index contributed by atoms with van der Waals surface area (Å²) in [6.45, 7) is 6.46. The van der Waals surface area contributed by atoms with Crippen molar-refractivity contribution in [2.45, 2.75) is 64.7 Å². The first-order valence-electron chi connectivity index (χ1n) is 10.4. The summed E-state index contributed by atoms with van der Waals surface area (Å²) < 4.78 is 10.8. The average Bonchev–Trinajstić information content (AvgIpc) is 3.39. The molecule has 0 bridgehead atoms. The number of imidazole rings is 1. The first-order valence-corrected chi connectivity index (χ1v) is 10.4. The Bertz CT molecular complexity index is 1040. The minimum atomic E-state index is -0.341. The van der Waals surface area contributed by atoms with Gasteiger partial charge < -0.3 is 19.8 Å². The Kier molecular flexibility index (Phi) is 5.76. The summed E-state index contributed by atoms with van der Waals surface area (Å²) in [5.41, 5.74) is 5.98. The number of ether oxygens (including phenoxy) is 2. The smallest absolute Gasteiger partial charge is 0.407 e. The minimum Gasteiger partial charge on any atom is -0.446 e. The molecule has 1 aromatic carbocycles. The average molecular weight is 412 g/mol. The summed E-state index contributed by atoms with van der Waals surface area (Å²) in [7, 11) is 1.69. The molecule has 1 amide bonds. The maximum absolute atomic E-state index is 11.8. The van der Waals surface area contributed by atoms with Crippen LogP contribution >= 0.6 is 0 Å². The Morgan fingerprint density at radius 1 is 1.30 bits per heavy atom. The second kappa shape index (κ2) is 8.47.